The summed E-state index contributed by atoms with van der Waals surface area (Å²) in [5.74, 6) is -0.509. The minimum atomic E-state index is -3.52. The minimum absolute atomic E-state index is 0.0361. The largest absolute Gasteiger partial charge is 0.438 e. The molecule has 0 radical (unpaired) electrons. The second-order valence-electron chi connectivity index (χ2n) is 8.98. The van der Waals surface area contributed by atoms with Crippen molar-refractivity contribution in [1.82, 2.24) is 10.3 Å². The minimum Gasteiger partial charge on any atom is -0.438 e. The summed E-state index contributed by atoms with van der Waals surface area (Å²) < 4.78 is 43.3. The van der Waals surface area contributed by atoms with Gasteiger partial charge in [0.1, 0.15) is 5.82 Å². The number of hydrazone groups is 1. The monoisotopic (exact) mass is 488 g/mol. The Morgan fingerprint density at radius 3 is 2.53 bits per heavy atom. The van der Waals surface area contributed by atoms with Crippen LogP contribution in [0.1, 0.15) is 36.8 Å². The Morgan fingerprint density at radius 2 is 1.88 bits per heavy atom. The second kappa shape index (κ2) is 9.71. The highest BCUT2D eigenvalue weighted by molar-refractivity contribution is 7.90. The van der Waals surface area contributed by atoms with Crippen molar-refractivity contribution >= 4 is 21.6 Å². The molecule has 1 saturated heterocycles. The van der Waals surface area contributed by atoms with E-state index in [9.17, 15) is 17.6 Å². The van der Waals surface area contributed by atoms with E-state index >= 15 is 0 Å². The molecule has 2 aliphatic rings. The molecule has 8 nitrogen and oxygen atoms in total. The van der Waals surface area contributed by atoms with Crippen LogP contribution in [-0.4, -0.2) is 50.2 Å². The molecule has 1 amide bonds. The topological polar surface area (TPSA) is 114 Å². The van der Waals surface area contributed by atoms with Gasteiger partial charge in [-0.1, -0.05) is 24.3 Å². The number of piperidine rings is 1. The van der Waals surface area contributed by atoms with Crippen molar-refractivity contribution < 1.29 is 22.3 Å². The summed E-state index contributed by atoms with van der Waals surface area (Å²) in [7, 11) is -3.52. The number of carbonyl (C=O) groups excluding carboxylic acids is 1. The van der Waals surface area contributed by atoms with Gasteiger partial charge in [-0.05, 0) is 68.1 Å². The van der Waals surface area contributed by atoms with E-state index in [1.165, 1.54) is 18.2 Å². The van der Waals surface area contributed by atoms with Crippen molar-refractivity contribution in [2.75, 3.05) is 19.3 Å². The molecule has 0 saturated carbocycles. The van der Waals surface area contributed by atoms with Crippen LogP contribution >= 0.6 is 0 Å². The highest BCUT2D eigenvalue weighted by Gasteiger charge is 2.45. The number of nitrogens with two attached hydrogens (primary N) is 1. The van der Waals surface area contributed by atoms with Gasteiger partial charge in [0.2, 0.25) is 5.90 Å². The van der Waals surface area contributed by atoms with Crippen molar-refractivity contribution in [2.24, 2.45) is 16.8 Å². The number of carbonyl (C=O) groups is 1. The zero-order valence-corrected chi connectivity index (χ0v) is 19.9. The summed E-state index contributed by atoms with van der Waals surface area (Å²) in [6.07, 6.45) is 4.05. The first-order valence-corrected chi connectivity index (χ1v) is 13.2. The van der Waals surface area contributed by atoms with Crippen molar-refractivity contribution in [3.05, 3.63) is 65.5 Å². The Labute approximate surface area is 198 Å². The van der Waals surface area contributed by atoms with Gasteiger partial charge in [-0.3, -0.25) is 15.1 Å². The lowest BCUT2D eigenvalue weighted by atomic mass is 9.89. The van der Waals surface area contributed by atoms with Crippen LogP contribution in [0, 0.1) is 11.7 Å². The molecule has 10 heteroatoms. The Morgan fingerprint density at radius 1 is 1.21 bits per heavy atom. The van der Waals surface area contributed by atoms with E-state index in [1.54, 1.807) is 30.3 Å². The maximum Gasteiger partial charge on any atom is 0.284 e. The van der Waals surface area contributed by atoms with Crippen LogP contribution in [0.3, 0.4) is 0 Å². The lowest BCUT2D eigenvalue weighted by Gasteiger charge is -2.33. The van der Waals surface area contributed by atoms with Crippen molar-refractivity contribution in [3.8, 4) is 0 Å². The molecule has 3 N–H and O–H groups in total. The van der Waals surface area contributed by atoms with Crippen LogP contribution in [0.25, 0.3) is 0 Å². The average molecular weight is 489 g/mol. The Hall–Kier alpha value is -2.98. The van der Waals surface area contributed by atoms with Gasteiger partial charge in [0.05, 0.1) is 10.5 Å². The van der Waals surface area contributed by atoms with Crippen LogP contribution in [0.15, 0.2) is 58.5 Å². The van der Waals surface area contributed by atoms with Crippen molar-refractivity contribution in [2.45, 2.75) is 42.8 Å². The standard InChI is InChI=1S/C24H29FN4O4S/c1-34(31,32)21-5-3-2-4-20(21)22-27-28-24(33-22,23(26)30)13-10-17-11-14-29(15-12-17)16-18-6-8-19(25)9-7-18/h2-9,17,28H,10-16H2,1H3,(H2,26,30). The third kappa shape index (κ3) is 5.39. The lowest BCUT2D eigenvalue weighted by molar-refractivity contribution is -0.136. The van der Waals surface area contributed by atoms with E-state index in [2.05, 4.69) is 15.4 Å². The SMILES string of the molecule is CS(=O)(=O)c1ccccc1C1=NNC(CCC2CCN(Cc3ccc(F)cc3)CC2)(C(N)=O)O1. The average Bonchev–Trinajstić information content (AvgIpc) is 3.26. The maximum atomic E-state index is 13.1. The van der Waals surface area contributed by atoms with Crippen molar-refractivity contribution in [3.63, 3.8) is 0 Å². The highest BCUT2D eigenvalue weighted by atomic mass is 32.2. The molecule has 1 fully saturated rings. The van der Waals surface area contributed by atoms with Crippen LogP contribution < -0.4 is 11.2 Å². The normalized spacial score (nSPS) is 21.5. The summed E-state index contributed by atoms with van der Waals surface area (Å²) in [5, 5.41) is 4.13. The fourth-order valence-corrected chi connectivity index (χ4v) is 5.34. The molecule has 0 bridgehead atoms. The van der Waals surface area contributed by atoms with Gasteiger partial charge >= 0.3 is 0 Å². The smallest absolute Gasteiger partial charge is 0.284 e. The summed E-state index contributed by atoms with van der Waals surface area (Å²) in [5.41, 5.74) is 8.27. The van der Waals surface area contributed by atoms with E-state index < -0.39 is 21.5 Å². The molecule has 1 atom stereocenters. The summed E-state index contributed by atoms with van der Waals surface area (Å²) in [6, 6.07) is 12.9. The predicted octanol–water partition coefficient (Wildman–Crippen LogP) is 2.38. The summed E-state index contributed by atoms with van der Waals surface area (Å²) in [6.45, 7) is 2.59. The molecule has 0 spiro atoms. The molecule has 1 unspecified atom stereocenters. The van der Waals surface area contributed by atoms with Crippen molar-refractivity contribution in [1.29, 1.82) is 0 Å². The Balaban J connectivity index is 1.35. The molecule has 182 valence electrons. The van der Waals surface area contributed by atoms with Gasteiger partial charge in [-0.25, -0.2) is 12.8 Å². The second-order valence-corrected chi connectivity index (χ2v) is 11.0. The van der Waals surface area contributed by atoms with E-state index in [-0.39, 0.29) is 22.2 Å². The number of nitrogens with zero attached hydrogens (tertiary/aromatic N) is 2. The number of likely N-dealkylation sites (tertiary alicyclic amines) is 1. The quantitative estimate of drug-likeness (QED) is 0.590. The number of primary amides is 1. The fourth-order valence-electron chi connectivity index (χ4n) is 4.46. The molecule has 2 aromatic rings. The van der Waals surface area contributed by atoms with E-state index in [4.69, 9.17) is 10.5 Å². The molecule has 0 aromatic heterocycles. The maximum absolute atomic E-state index is 13.1. The van der Waals surface area contributed by atoms with Gasteiger partial charge in [-0.15, -0.1) is 5.10 Å². The fraction of sp³-hybridized carbons (Fsp3) is 0.417. The number of hydrogen-bond acceptors (Lipinski definition) is 7. The summed E-state index contributed by atoms with van der Waals surface area (Å²) in [4.78, 5) is 14.8. The summed E-state index contributed by atoms with van der Waals surface area (Å²) >= 11 is 0. The number of sulfone groups is 1. The third-order valence-corrected chi connectivity index (χ3v) is 7.61. The third-order valence-electron chi connectivity index (χ3n) is 6.46. The lowest BCUT2D eigenvalue weighted by Crippen LogP contribution is -2.53. The number of rotatable bonds is 8. The van der Waals surface area contributed by atoms with E-state index in [0.29, 0.717) is 18.8 Å². The Bertz CT molecular complexity index is 1180. The molecular formula is C24H29FN4O4S. The first-order chi connectivity index (χ1) is 16.2. The highest BCUT2D eigenvalue weighted by Crippen LogP contribution is 2.30. The molecule has 4 rings (SSSR count). The number of amides is 1. The number of halogens is 1. The first kappa shape index (κ1) is 24.2. The number of ether oxygens (including phenoxy) is 1. The number of benzene rings is 2. The first-order valence-electron chi connectivity index (χ1n) is 11.3. The molecular weight excluding hydrogens is 459 g/mol. The molecule has 0 aliphatic carbocycles. The predicted molar refractivity (Wildman–Crippen MR) is 126 cm³/mol. The van der Waals surface area contributed by atoms with Crippen LogP contribution in [0.2, 0.25) is 0 Å². The van der Waals surface area contributed by atoms with Gasteiger partial charge in [0, 0.05) is 19.2 Å². The van der Waals surface area contributed by atoms with E-state index in [0.717, 1.165) is 44.3 Å². The van der Waals surface area contributed by atoms with Gasteiger partial charge in [0.15, 0.2) is 9.84 Å². The number of nitrogens with one attached hydrogen (secondary N) is 1. The molecule has 2 aromatic carbocycles. The van der Waals surface area contributed by atoms with Crippen LogP contribution in [0.4, 0.5) is 4.39 Å². The molecule has 2 aliphatic heterocycles. The zero-order valence-electron chi connectivity index (χ0n) is 19.0. The molecule has 2 heterocycles. The molecule has 34 heavy (non-hydrogen) atoms. The zero-order chi connectivity index (χ0) is 24.3. The Kier molecular flexibility index (Phi) is 6.90. The van der Waals surface area contributed by atoms with Gasteiger partial charge in [0.25, 0.3) is 11.6 Å². The van der Waals surface area contributed by atoms with Gasteiger partial charge < -0.3 is 10.5 Å². The van der Waals surface area contributed by atoms with Crippen LogP contribution in [-0.2, 0) is 25.9 Å². The number of hydrogen-bond donors (Lipinski definition) is 2. The van der Waals surface area contributed by atoms with E-state index in [1.807, 2.05) is 0 Å². The van der Waals surface area contributed by atoms with Crippen LogP contribution in [0.5, 0.6) is 0 Å². The van der Waals surface area contributed by atoms with Gasteiger partial charge in [-0.2, -0.15) is 0 Å².